The number of phenolic OH excluding ortho intramolecular Hbond substituents is 1. The summed E-state index contributed by atoms with van der Waals surface area (Å²) in [6, 6.07) is 9.32. The molecule has 3 aromatic rings. The van der Waals surface area contributed by atoms with Crippen LogP contribution in [-0.4, -0.2) is 42.8 Å². The third-order valence-electron chi connectivity index (χ3n) is 5.33. The van der Waals surface area contributed by atoms with E-state index in [1.54, 1.807) is 24.3 Å². The van der Waals surface area contributed by atoms with Crippen molar-refractivity contribution in [1.29, 1.82) is 0 Å². The molecule has 166 valence electrons. The Hall–Kier alpha value is -3.10. The number of aromatic hydroxyl groups is 1. The third-order valence-corrected chi connectivity index (χ3v) is 6.29. The maximum Gasteiger partial charge on any atom is 0.239 e. The van der Waals surface area contributed by atoms with Crippen molar-refractivity contribution in [3.05, 3.63) is 70.8 Å². The number of piperazine rings is 1. The minimum absolute atomic E-state index is 0.137. The van der Waals surface area contributed by atoms with Gasteiger partial charge in [0.05, 0.1) is 16.6 Å². The number of aromatic nitrogens is 1. The molecule has 1 saturated heterocycles. The van der Waals surface area contributed by atoms with Crippen molar-refractivity contribution in [2.24, 2.45) is 0 Å². The number of rotatable bonds is 6. The van der Waals surface area contributed by atoms with Crippen LogP contribution in [0.15, 0.2) is 53.6 Å². The van der Waals surface area contributed by atoms with E-state index in [-0.39, 0.29) is 22.9 Å². The second-order valence-electron chi connectivity index (χ2n) is 7.49. The van der Waals surface area contributed by atoms with Crippen molar-refractivity contribution in [2.45, 2.75) is 11.8 Å². The highest BCUT2D eigenvalue weighted by Gasteiger charge is 2.26. The Balaban J connectivity index is 1.74. The Morgan fingerprint density at radius 3 is 2.69 bits per heavy atom. The molecule has 0 radical (unpaired) electrons. The summed E-state index contributed by atoms with van der Waals surface area (Å²) >= 11 is 1.43. The molecule has 6 nitrogen and oxygen atoms in total. The molecule has 0 atom stereocenters. The lowest BCUT2D eigenvalue weighted by Crippen LogP contribution is -2.44. The molecule has 2 heterocycles. The second kappa shape index (κ2) is 9.58. The Kier molecular flexibility index (Phi) is 6.62. The quantitative estimate of drug-likeness (QED) is 0.195. The fraction of sp³-hybridized carbons (Fsp3) is 0.250. The molecule has 1 aromatic heterocycles. The zero-order chi connectivity index (χ0) is 22.7. The van der Waals surface area contributed by atoms with Crippen LogP contribution < -0.4 is 14.9 Å². The number of pyridine rings is 1. The van der Waals surface area contributed by atoms with Gasteiger partial charge in [0, 0.05) is 26.2 Å². The number of benzene rings is 2. The fourth-order valence-corrected chi connectivity index (χ4v) is 4.81. The van der Waals surface area contributed by atoms with Gasteiger partial charge in [-0.3, -0.25) is 4.79 Å². The summed E-state index contributed by atoms with van der Waals surface area (Å²) in [5.74, 6) is 0.0760. The molecule has 0 amide bonds. The lowest BCUT2D eigenvalue weighted by molar-refractivity contribution is -0.578. The van der Waals surface area contributed by atoms with Gasteiger partial charge in [-0.15, -0.1) is 11.8 Å². The number of anilines is 1. The van der Waals surface area contributed by atoms with Crippen LogP contribution in [0.25, 0.3) is 17.0 Å². The summed E-state index contributed by atoms with van der Waals surface area (Å²) in [5, 5.41) is 26.0. The predicted octanol–water partition coefficient (Wildman–Crippen LogP) is 3.74. The molecule has 32 heavy (non-hydrogen) atoms. The molecule has 1 aliphatic rings. The average Bonchev–Trinajstić information content (AvgIpc) is 2.79. The molecular formula is C24H24FN3O3S. The monoisotopic (exact) mass is 453 g/mol. The van der Waals surface area contributed by atoms with Crippen LogP contribution in [0.5, 0.6) is 5.75 Å². The molecule has 1 aliphatic heterocycles. The number of hydrogen-bond acceptors (Lipinski definition) is 6. The van der Waals surface area contributed by atoms with Crippen molar-refractivity contribution >= 4 is 40.2 Å². The van der Waals surface area contributed by atoms with Crippen LogP contribution in [0.4, 0.5) is 10.1 Å². The summed E-state index contributed by atoms with van der Waals surface area (Å²) in [4.78, 5) is 15.3. The van der Waals surface area contributed by atoms with Crippen molar-refractivity contribution in [3.63, 3.8) is 0 Å². The molecule has 1 fully saturated rings. The zero-order valence-electron chi connectivity index (χ0n) is 17.7. The van der Waals surface area contributed by atoms with Crippen molar-refractivity contribution in [1.82, 2.24) is 5.32 Å². The third kappa shape index (κ3) is 4.56. The Labute approximate surface area is 189 Å². The Bertz CT molecular complexity index is 1180. The predicted molar refractivity (Wildman–Crippen MR) is 126 cm³/mol. The highest BCUT2D eigenvalue weighted by Crippen LogP contribution is 2.38. The number of ketones is 1. The first-order valence-electron chi connectivity index (χ1n) is 10.5. The SMILES string of the molecule is CCSc1c(N2CCNCC2)c(F)cc2cc(C(=O)C=Cc3ccc(O)cc3)c[n+]([O-])c12. The number of allylic oxidation sites excluding steroid dienone is 1. The van der Waals surface area contributed by atoms with E-state index in [1.807, 2.05) is 11.8 Å². The number of fused-ring (bicyclic) bond motifs is 1. The standard InChI is InChI=1S/C24H24FN3O3S/c1-2-32-24-22-17(14-20(25)23(24)27-11-9-26-10-12-27)13-18(15-28(22)31)21(30)8-5-16-3-6-19(29)7-4-16/h3-8,13-15,26,29H,2,9-12H2,1H3. The number of thioether (sulfide) groups is 1. The summed E-state index contributed by atoms with van der Waals surface area (Å²) < 4.78 is 15.9. The largest absolute Gasteiger partial charge is 0.618 e. The van der Waals surface area contributed by atoms with Crippen LogP contribution in [-0.2, 0) is 0 Å². The maximum atomic E-state index is 15.2. The van der Waals surface area contributed by atoms with Gasteiger partial charge in [0.15, 0.2) is 12.0 Å². The van der Waals surface area contributed by atoms with E-state index in [4.69, 9.17) is 0 Å². The molecule has 8 heteroatoms. The van der Waals surface area contributed by atoms with Crippen LogP contribution in [0.1, 0.15) is 22.8 Å². The zero-order valence-corrected chi connectivity index (χ0v) is 18.5. The smallest absolute Gasteiger partial charge is 0.239 e. The molecule has 2 N–H and O–H groups in total. The van der Waals surface area contributed by atoms with Gasteiger partial charge < -0.3 is 20.5 Å². The normalized spacial score (nSPS) is 14.4. The summed E-state index contributed by atoms with van der Waals surface area (Å²) in [6.45, 7) is 4.80. The van der Waals surface area contributed by atoms with Crippen LogP contribution in [0, 0.1) is 11.0 Å². The van der Waals surface area contributed by atoms with Gasteiger partial charge in [0.1, 0.15) is 16.5 Å². The first-order chi connectivity index (χ1) is 15.5. The number of hydrogen-bond donors (Lipinski definition) is 2. The first kappa shape index (κ1) is 22.1. The number of nitrogens with one attached hydrogen (secondary N) is 1. The van der Waals surface area contributed by atoms with Crippen molar-refractivity contribution in [3.8, 4) is 5.75 Å². The van der Waals surface area contributed by atoms with Gasteiger partial charge in [0.25, 0.3) is 0 Å². The lowest BCUT2D eigenvalue weighted by atomic mass is 10.1. The number of carbonyl (C=O) groups excluding carboxylic acids is 1. The molecule has 0 spiro atoms. The van der Waals surface area contributed by atoms with Gasteiger partial charge in [-0.2, -0.15) is 4.73 Å². The molecule has 0 saturated carbocycles. The Morgan fingerprint density at radius 1 is 1.28 bits per heavy atom. The van der Waals surface area contributed by atoms with Crippen molar-refractivity contribution in [2.75, 3.05) is 36.8 Å². The van der Waals surface area contributed by atoms with E-state index in [0.717, 1.165) is 18.7 Å². The maximum absolute atomic E-state index is 15.2. The minimum Gasteiger partial charge on any atom is -0.618 e. The number of carbonyl (C=O) groups is 1. The van der Waals surface area contributed by atoms with Gasteiger partial charge >= 0.3 is 0 Å². The highest BCUT2D eigenvalue weighted by molar-refractivity contribution is 7.99. The van der Waals surface area contributed by atoms with E-state index in [9.17, 15) is 15.1 Å². The van der Waals surface area contributed by atoms with E-state index < -0.39 is 0 Å². The van der Waals surface area contributed by atoms with Crippen LogP contribution in [0.2, 0.25) is 0 Å². The number of halogens is 1. The molecule has 0 aliphatic carbocycles. The van der Waals surface area contributed by atoms with Crippen molar-refractivity contribution < 1.29 is 19.0 Å². The minimum atomic E-state index is -0.389. The number of nitrogens with zero attached hydrogens (tertiary/aromatic N) is 2. The fourth-order valence-electron chi connectivity index (χ4n) is 3.81. The lowest BCUT2D eigenvalue weighted by Gasteiger charge is -2.31. The molecule has 0 bridgehead atoms. The van der Waals surface area contributed by atoms with E-state index >= 15 is 4.39 Å². The Morgan fingerprint density at radius 2 is 2.00 bits per heavy atom. The first-order valence-corrected chi connectivity index (χ1v) is 11.5. The van der Waals surface area contributed by atoms with E-state index in [2.05, 4.69) is 5.32 Å². The molecular weight excluding hydrogens is 429 g/mol. The molecule has 0 unspecified atom stereocenters. The summed E-state index contributed by atoms with van der Waals surface area (Å²) in [5.41, 5.74) is 1.76. The summed E-state index contributed by atoms with van der Waals surface area (Å²) in [7, 11) is 0. The second-order valence-corrected chi connectivity index (χ2v) is 8.76. The van der Waals surface area contributed by atoms with Crippen LogP contribution in [0.3, 0.4) is 0 Å². The van der Waals surface area contributed by atoms with Crippen LogP contribution >= 0.6 is 11.8 Å². The topological polar surface area (TPSA) is 79.5 Å². The molecule has 2 aromatic carbocycles. The van der Waals surface area contributed by atoms with E-state index in [1.165, 1.54) is 42.2 Å². The summed E-state index contributed by atoms with van der Waals surface area (Å²) in [6.07, 6.45) is 4.22. The number of phenols is 1. The highest BCUT2D eigenvalue weighted by atomic mass is 32.2. The van der Waals surface area contributed by atoms with Gasteiger partial charge in [-0.1, -0.05) is 25.1 Å². The van der Waals surface area contributed by atoms with Gasteiger partial charge in [0.2, 0.25) is 5.52 Å². The average molecular weight is 454 g/mol. The van der Waals surface area contributed by atoms with Gasteiger partial charge in [-0.25, -0.2) is 4.39 Å². The molecule has 4 rings (SSSR count). The van der Waals surface area contributed by atoms with E-state index in [0.29, 0.717) is 45.1 Å². The van der Waals surface area contributed by atoms with Gasteiger partial charge in [-0.05, 0) is 41.7 Å².